The zero-order valence-electron chi connectivity index (χ0n) is 7.32. The SMILES string of the molecule is F[B-](F)(F)C1CC12CCCC2.[K+]. The second kappa shape index (κ2) is 3.57. The molecule has 2 fully saturated rings. The summed E-state index contributed by atoms with van der Waals surface area (Å²) >= 11 is 0. The Kier molecular flexibility index (Phi) is 3.44. The molecular formula is C7H11BF3K. The van der Waals surface area contributed by atoms with E-state index in [1.165, 1.54) is 0 Å². The third kappa shape index (κ3) is 1.95. The van der Waals surface area contributed by atoms with Gasteiger partial charge >= 0.3 is 58.4 Å². The van der Waals surface area contributed by atoms with Gasteiger partial charge in [-0.15, -0.1) is 0 Å². The monoisotopic (exact) mass is 202 g/mol. The van der Waals surface area contributed by atoms with Gasteiger partial charge in [-0.05, 0) is 0 Å². The van der Waals surface area contributed by atoms with Crippen molar-refractivity contribution in [3.63, 3.8) is 0 Å². The maximum atomic E-state index is 12.2. The maximum absolute atomic E-state index is 12.2. The van der Waals surface area contributed by atoms with E-state index in [0.29, 0.717) is 6.42 Å². The Morgan fingerprint density at radius 3 is 1.92 bits per heavy atom. The first-order valence-electron chi connectivity index (χ1n) is 4.25. The molecule has 2 rings (SSSR count). The van der Waals surface area contributed by atoms with Crippen LogP contribution in [0.25, 0.3) is 0 Å². The Morgan fingerprint density at radius 1 is 1.08 bits per heavy atom. The van der Waals surface area contributed by atoms with E-state index >= 15 is 0 Å². The standard InChI is InChI=1S/C7H11BF3.K/c9-8(10,11)6-5-7(6)3-1-2-4-7;/h6H,1-5H2;/q-1;+1. The van der Waals surface area contributed by atoms with E-state index in [4.69, 9.17) is 0 Å². The molecule has 12 heavy (non-hydrogen) atoms. The summed E-state index contributed by atoms with van der Waals surface area (Å²) in [5.41, 5.74) is -0.252. The van der Waals surface area contributed by atoms with Crippen molar-refractivity contribution in [1.82, 2.24) is 0 Å². The number of halogens is 3. The van der Waals surface area contributed by atoms with Crippen molar-refractivity contribution in [3.8, 4) is 0 Å². The quantitative estimate of drug-likeness (QED) is 0.532. The average Bonchev–Trinajstić information content (AvgIpc) is 2.31. The predicted molar refractivity (Wildman–Crippen MR) is 38.3 cm³/mol. The first-order valence-corrected chi connectivity index (χ1v) is 4.25. The van der Waals surface area contributed by atoms with Crippen LogP contribution in [0.15, 0.2) is 0 Å². The Morgan fingerprint density at radius 2 is 1.58 bits per heavy atom. The molecule has 2 aliphatic rings. The molecule has 0 amide bonds. The minimum Gasteiger partial charge on any atom is -0.449 e. The summed E-state index contributed by atoms with van der Waals surface area (Å²) < 4.78 is 36.6. The molecule has 0 aromatic carbocycles. The van der Waals surface area contributed by atoms with E-state index in [1.807, 2.05) is 0 Å². The van der Waals surface area contributed by atoms with Gasteiger partial charge in [-0.1, -0.05) is 43.3 Å². The third-order valence-electron chi connectivity index (χ3n) is 3.31. The minimum atomic E-state index is -4.52. The normalized spacial score (nSPS) is 31.8. The second-order valence-corrected chi connectivity index (χ2v) is 4.01. The molecule has 2 aliphatic carbocycles. The Labute approximate surface area is 113 Å². The van der Waals surface area contributed by atoms with Crippen LogP contribution in [-0.2, 0) is 0 Å². The number of hydrogen-bond donors (Lipinski definition) is 0. The molecular weight excluding hydrogens is 191 g/mol. The Bertz CT molecular complexity index is 174. The smallest absolute Gasteiger partial charge is 0.449 e. The fourth-order valence-electron chi connectivity index (χ4n) is 2.57. The summed E-state index contributed by atoms with van der Waals surface area (Å²) in [6.45, 7) is -4.52. The zero-order chi connectivity index (χ0) is 8.11. The van der Waals surface area contributed by atoms with E-state index in [9.17, 15) is 12.9 Å². The molecule has 0 nitrogen and oxygen atoms in total. The molecule has 0 aromatic rings. The first-order chi connectivity index (χ1) is 5.05. The molecule has 0 N–H and O–H groups in total. The minimum absolute atomic E-state index is 0. The third-order valence-corrected chi connectivity index (χ3v) is 3.31. The van der Waals surface area contributed by atoms with E-state index < -0.39 is 12.8 Å². The molecule has 2 saturated carbocycles. The van der Waals surface area contributed by atoms with Crippen LogP contribution in [0.5, 0.6) is 0 Å². The van der Waals surface area contributed by atoms with Crippen molar-refractivity contribution in [2.24, 2.45) is 5.41 Å². The van der Waals surface area contributed by atoms with Crippen LogP contribution in [-0.4, -0.2) is 6.98 Å². The van der Waals surface area contributed by atoms with Gasteiger partial charge in [0, 0.05) is 0 Å². The maximum Gasteiger partial charge on any atom is 1.00 e. The topological polar surface area (TPSA) is 0 Å². The van der Waals surface area contributed by atoms with Gasteiger partial charge in [-0.3, -0.25) is 0 Å². The number of rotatable bonds is 1. The van der Waals surface area contributed by atoms with Crippen molar-refractivity contribution in [3.05, 3.63) is 0 Å². The van der Waals surface area contributed by atoms with E-state index in [0.717, 1.165) is 25.7 Å². The summed E-state index contributed by atoms with van der Waals surface area (Å²) in [4.78, 5) is 0. The van der Waals surface area contributed by atoms with Crippen LogP contribution in [0, 0.1) is 5.41 Å². The molecule has 5 heteroatoms. The predicted octanol–water partition coefficient (Wildman–Crippen LogP) is 0.172. The first kappa shape index (κ1) is 11.6. The van der Waals surface area contributed by atoms with Crippen LogP contribution < -0.4 is 51.4 Å². The van der Waals surface area contributed by atoms with Crippen LogP contribution in [0.3, 0.4) is 0 Å². The molecule has 0 aliphatic heterocycles. The largest absolute Gasteiger partial charge is 1.00 e. The van der Waals surface area contributed by atoms with Crippen molar-refractivity contribution in [2.75, 3.05) is 0 Å². The molecule has 0 aromatic heterocycles. The van der Waals surface area contributed by atoms with Gasteiger partial charge in [0.1, 0.15) is 0 Å². The Balaban J connectivity index is 0.000000720. The molecule has 1 spiro atoms. The van der Waals surface area contributed by atoms with Gasteiger partial charge in [-0.2, -0.15) is 0 Å². The van der Waals surface area contributed by atoms with Crippen molar-refractivity contribution >= 4 is 6.98 Å². The molecule has 0 heterocycles. The summed E-state index contributed by atoms with van der Waals surface area (Å²) in [6, 6.07) is 0. The van der Waals surface area contributed by atoms with Gasteiger partial charge < -0.3 is 12.9 Å². The van der Waals surface area contributed by atoms with Crippen molar-refractivity contribution < 1.29 is 64.3 Å². The van der Waals surface area contributed by atoms with Crippen LogP contribution in [0.1, 0.15) is 32.1 Å². The van der Waals surface area contributed by atoms with Crippen molar-refractivity contribution in [1.29, 1.82) is 0 Å². The van der Waals surface area contributed by atoms with Gasteiger partial charge in [0.15, 0.2) is 0 Å². The summed E-state index contributed by atoms with van der Waals surface area (Å²) in [5, 5.41) is 0. The van der Waals surface area contributed by atoms with Gasteiger partial charge in [0.25, 0.3) is 0 Å². The van der Waals surface area contributed by atoms with Gasteiger partial charge in [0.2, 0.25) is 0 Å². The Hall–Kier alpha value is 1.49. The number of hydrogen-bond acceptors (Lipinski definition) is 0. The molecule has 1 atom stereocenters. The van der Waals surface area contributed by atoms with E-state index in [-0.39, 0.29) is 56.8 Å². The summed E-state index contributed by atoms with van der Waals surface area (Å²) in [6.07, 6.45) is 4.14. The fourth-order valence-corrected chi connectivity index (χ4v) is 2.57. The average molecular weight is 202 g/mol. The van der Waals surface area contributed by atoms with Gasteiger partial charge in [-0.25, -0.2) is 0 Å². The van der Waals surface area contributed by atoms with E-state index in [2.05, 4.69) is 0 Å². The molecule has 0 radical (unpaired) electrons. The molecule has 64 valence electrons. The molecule has 0 bridgehead atoms. The summed E-state index contributed by atoms with van der Waals surface area (Å²) in [5.74, 6) is -0.884. The van der Waals surface area contributed by atoms with Crippen LogP contribution >= 0.6 is 0 Å². The fraction of sp³-hybridized carbons (Fsp3) is 1.00. The summed E-state index contributed by atoms with van der Waals surface area (Å²) in [7, 11) is 0. The van der Waals surface area contributed by atoms with E-state index in [1.54, 1.807) is 0 Å². The van der Waals surface area contributed by atoms with Crippen LogP contribution in [0.2, 0.25) is 5.82 Å². The molecule has 1 unspecified atom stereocenters. The molecule has 0 saturated heterocycles. The zero-order valence-corrected chi connectivity index (χ0v) is 10.4. The van der Waals surface area contributed by atoms with Gasteiger partial charge in [0.05, 0.1) is 0 Å². The van der Waals surface area contributed by atoms with Crippen LogP contribution in [0.4, 0.5) is 12.9 Å². The van der Waals surface area contributed by atoms with Crippen molar-refractivity contribution in [2.45, 2.75) is 37.9 Å². The second-order valence-electron chi connectivity index (χ2n) is 4.01.